The van der Waals surface area contributed by atoms with Crippen LogP contribution in [0.2, 0.25) is 18.1 Å². The Hall–Kier alpha value is -0.563. The van der Waals surface area contributed by atoms with Gasteiger partial charge in [-0.3, -0.25) is 14.3 Å². The Labute approximate surface area is 241 Å². The number of aryl methyl sites for hydroxylation is 1. The molecule has 2 saturated heterocycles. The monoisotopic (exact) mass is 618 g/mol. The number of hydrogen-bond donors (Lipinski definition) is 2. The number of rotatable bonds is 7. The summed E-state index contributed by atoms with van der Waals surface area (Å²) < 4.78 is 26.8. The molecule has 13 heteroatoms. The lowest BCUT2D eigenvalue weighted by atomic mass is 9.77. The molecule has 3 fully saturated rings. The van der Waals surface area contributed by atoms with Gasteiger partial charge in [0.05, 0.1) is 12.7 Å². The van der Waals surface area contributed by atoms with Crippen LogP contribution in [0.3, 0.4) is 0 Å². The highest BCUT2D eigenvalue weighted by Gasteiger charge is 2.55. The molecule has 2 N–H and O–H groups in total. The molecule has 0 amide bonds. The van der Waals surface area contributed by atoms with Crippen LogP contribution in [0.15, 0.2) is 27.9 Å². The average molecular weight is 619 g/mol. The maximum absolute atomic E-state index is 12.7. The Morgan fingerprint density at radius 2 is 2.08 bits per heavy atom. The van der Waals surface area contributed by atoms with Gasteiger partial charge in [-0.15, -0.1) is 0 Å². The second-order valence-corrected chi connectivity index (χ2v) is 24.3. The minimum atomic E-state index is -2.70. The summed E-state index contributed by atoms with van der Waals surface area (Å²) in [4.78, 5) is 26.9. The first kappa shape index (κ1) is 31.4. The van der Waals surface area contributed by atoms with E-state index in [2.05, 4.69) is 59.3 Å². The molecule has 39 heavy (non-hydrogen) atoms. The number of fused-ring (bicyclic) bond motifs is 1. The van der Waals surface area contributed by atoms with Gasteiger partial charge in [-0.25, -0.2) is 4.79 Å². The quantitative estimate of drug-likeness (QED) is 0.248. The summed E-state index contributed by atoms with van der Waals surface area (Å²) in [6.07, 6.45) is 0.657. The van der Waals surface area contributed by atoms with Gasteiger partial charge < -0.3 is 23.3 Å². The van der Waals surface area contributed by atoms with E-state index in [4.69, 9.17) is 30.0 Å². The molecule has 8 atom stereocenters. The molecule has 9 nitrogen and oxygen atoms in total. The molecule has 3 aliphatic rings. The number of aromatic nitrogens is 2. The number of aromatic amines is 1. The topological polar surface area (TPSA) is 112 Å². The lowest BCUT2D eigenvalue weighted by molar-refractivity contribution is -0.0517. The number of aliphatic hydroxyl groups excluding tert-OH is 1. The fraction of sp³-hybridized carbons (Fsp3) is 0.769. The molecular weight excluding hydrogens is 575 g/mol. The van der Waals surface area contributed by atoms with Gasteiger partial charge in [-0.2, -0.15) is 0 Å². The maximum Gasteiger partial charge on any atom is 0.330 e. The second-order valence-electron chi connectivity index (χ2n) is 12.9. The molecule has 3 heterocycles. The molecule has 0 aromatic carbocycles. The zero-order valence-corrected chi connectivity index (χ0v) is 27.7. The standard InChI is InChI=1S/C26H43N2O7PS2Si/c1-15(2)17-10-11-26(7)19(12-17)34-36(37,38-26)32-14-18-21(35-39(8,9)25(4,5)6)20(29)23(33-18)28-13-16(3)22(30)27-24(28)31/h13,17-21,23,29H,1,10-12,14H2,2-9H3,(H,27,30,31)/t17-,18-,19+,20-,21-,23-,26+,36?/m1/s1. The molecule has 2 aliphatic heterocycles. The highest BCUT2D eigenvalue weighted by Crippen LogP contribution is 2.75. The minimum Gasteiger partial charge on any atom is -0.408 e. The first-order valence-corrected chi connectivity index (χ1v) is 20.5. The predicted octanol–water partition coefficient (Wildman–Crippen LogP) is 5.00. The Morgan fingerprint density at radius 1 is 1.41 bits per heavy atom. The van der Waals surface area contributed by atoms with Gasteiger partial charge in [0.1, 0.15) is 18.3 Å². The van der Waals surface area contributed by atoms with Crippen molar-refractivity contribution in [1.82, 2.24) is 9.55 Å². The van der Waals surface area contributed by atoms with Crippen molar-refractivity contribution in [2.75, 3.05) is 6.61 Å². The third kappa shape index (κ3) is 6.29. The van der Waals surface area contributed by atoms with E-state index in [0.29, 0.717) is 11.5 Å². The fourth-order valence-electron chi connectivity index (χ4n) is 5.13. The van der Waals surface area contributed by atoms with Gasteiger partial charge in [0, 0.05) is 16.5 Å². The van der Waals surface area contributed by atoms with Crippen LogP contribution in [0.4, 0.5) is 0 Å². The molecular formula is C26H43N2O7PS2Si. The maximum atomic E-state index is 12.7. The fourth-order valence-corrected chi connectivity index (χ4v) is 13.6. The number of hydrogen-bond acceptors (Lipinski definition) is 9. The highest BCUT2D eigenvalue weighted by atomic mass is 32.9. The van der Waals surface area contributed by atoms with E-state index in [1.54, 1.807) is 18.3 Å². The first-order valence-electron chi connectivity index (χ1n) is 13.5. The van der Waals surface area contributed by atoms with Gasteiger partial charge >= 0.3 is 5.69 Å². The van der Waals surface area contributed by atoms with Crippen LogP contribution in [-0.2, 0) is 30.0 Å². The van der Waals surface area contributed by atoms with Gasteiger partial charge in [0.15, 0.2) is 14.5 Å². The Morgan fingerprint density at radius 3 is 2.69 bits per heavy atom. The van der Waals surface area contributed by atoms with Gasteiger partial charge in [-0.1, -0.05) is 44.3 Å². The first-order chi connectivity index (χ1) is 17.9. The van der Waals surface area contributed by atoms with Crippen molar-refractivity contribution in [3.8, 4) is 0 Å². The van der Waals surface area contributed by atoms with Crippen LogP contribution >= 0.6 is 17.1 Å². The van der Waals surface area contributed by atoms with Crippen LogP contribution < -0.4 is 11.2 Å². The Balaban J connectivity index is 1.57. The molecule has 220 valence electrons. The van der Waals surface area contributed by atoms with Crippen LogP contribution in [0, 0.1) is 12.8 Å². The minimum absolute atomic E-state index is 0.00593. The van der Waals surface area contributed by atoms with Crippen molar-refractivity contribution in [3.63, 3.8) is 0 Å². The second kappa shape index (κ2) is 10.9. The number of ether oxygens (including phenoxy) is 1. The van der Waals surface area contributed by atoms with Gasteiger partial charge in [0.2, 0.25) is 5.69 Å². The largest absolute Gasteiger partial charge is 0.408 e. The van der Waals surface area contributed by atoms with Crippen LogP contribution in [0.1, 0.15) is 65.7 Å². The molecule has 1 aromatic heterocycles. The summed E-state index contributed by atoms with van der Waals surface area (Å²) >= 11 is 7.59. The third-order valence-corrected chi connectivity index (χ3v) is 19.1. The van der Waals surface area contributed by atoms with Gasteiger partial charge in [-0.05, 0) is 75.9 Å². The van der Waals surface area contributed by atoms with Crippen molar-refractivity contribution in [1.29, 1.82) is 0 Å². The summed E-state index contributed by atoms with van der Waals surface area (Å²) in [5.74, 6) is 0.417. The van der Waals surface area contributed by atoms with Crippen molar-refractivity contribution >= 4 is 37.2 Å². The molecule has 1 aliphatic carbocycles. The Kier molecular flexibility index (Phi) is 8.79. The predicted molar refractivity (Wildman–Crippen MR) is 161 cm³/mol. The van der Waals surface area contributed by atoms with Crippen molar-refractivity contribution < 1.29 is 23.3 Å². The molecule has 0 spiro atoms. The molecule has 1 unspecified atom stereocenters. The van der Waals surface area contributed by atoms with Crippen molar-refractivity contribution in [2.24, 2.45) is 5.92 Å². The zero-order chi connectivity index (χ0) is 29.1. The van der Waals surface area contributed by atoms with E-state index in [9.17, 15) is 14.7 Å². The average Bonchev–Trinajstić information content (AvgIpc) is 3.25. The summed E-state index contributed by atoms with van der Waals surface area (Å²) in [6, 6.07) is 0. The lowest BCUT2D eigenvalue weighted by Gasteiger charge is -2.40. The lowest BCUT2D eigenvalue weighted by Crippen LogP contribution is -2.50. The van der Waals surface area contributed by atoms with Crippen LogP contribution in [0.5, 0.6) is 0 Å². The summed E-state index contributed by atoms with van der Waals surface area (Å²) in [5.41, 5.74) is -2.33. The number of nitrogens with one attached hydrogen (secondary N) is 1. The van der Waals surface area contributed by atoms with E-state index in [0.717, 1.165) is 19.3 Å². The number of nitrogens with zero attached hydrogens (tertiary/aromatic N) is 1. The van der Waals surface area contributed by atoms with E-state index in [-0.39, 0.29) is 22.5 Å². The van der Waals surface area contributed by atoms with Crippen molar-refractivity contribution in [3.05, 3.63) is 44.8 Å². The summed E-state index contributed by atoms with van der Waals surface area (Å²) in [7, 11) is -2.35. The van der Waals surface area contributed by atoms with E-state index in [1.807, 2.05) is 0 Å². The number of aliphatic hydroxyl groups is 1. The van der Waals surface area contributed by atoms with E-state index >= 15 is 0 Å². The number of allylic oxidation sites excluding steroid dienone is 1. The smallest absolute Gasteiger partial charge is 0.330 e. The summed E-state index contributed by atoms with van der Waals surface area (Å²) in [5, 5.41) is 11.3. The normalized spacial score (nSPS) is 37.2. The molecule has 1 saturated carbocycles. The molecule has 1 aromatic rings. The SMILES string of the molecule is C=C(C)[C@@H]1CC[C@]2(C)SP(=S)(OC[C@H]3O[C@@H](n4cc(C)c(=O)[nH]c4=O)[C@H](O)[C@@H]3O[Si](C)(C)C(C)(C)C)O[C@H]2C1. The van der Waals surface area contributed by atoms with Crippen LogP contribution in [0.25, 0.3) is 0 Å². The zero-order valence-electron chi connectivity index (χ0n) is 24.2. The molecule has 0 radical (unpaired) electrons. The van der Waals surface area contributed by atoms with Gasteiger partial charge in [0.25, 0.3) is 5.56 Å². The summed E-state index contributed by atoms with van der Waals surface area (Å²) in [6.45, 7) is 20.6. The Bertz CT molecular complexity index is 1280. The number of H-pyrrole nitrogens is 1. The van der Waals surface area contributed by atoms with E-state index < -0.39 is 49.8 Å². The van der Waals surface area contributed by atoms with Crippen LogP contribution in [-0.4, -0.2) is 58.7 Å². The molecule has 4 rings (SSSR count). The van der Waals surface area contributed by atoms with Crippen molar-refractivity contribution in [2.45, 2.75) is 114 Å². The highest BCUT2D eigenvalue weighted by molar-refractivity contribution is 8.68. The van der Waals surface area contributed by atoms with E-state index in [1.165, 1.54) is 16.3 Å². The molecule has 0 bridgehead atoms. The third-order valence-electron chi connectivity index (χ3n) is 8.81.